The van der Waals surface area contributed by atoms with Gasteiger partial charge in [-0.15, -0.1) is 11.6 Å². The maximum atomic E-state index is 12.2. The first-order chi connectivity index (χ1) is 10.6. The zero-order valence-electron chi connectivity index (χ0n) is 12.0. The van der Waals surface area contributed by atoms with Crippen LogP contribution in [-0.4, -0.2) is 18.9 Å². The van der Waals surface area contributed by atoms with Crippen LogP contribution >= 0.6 is 11.6 Å². The molecule has 5 rings (SSSR count). The van der Waals surface area contributed by atoms with Gasteiger partial charge in [-0.05, 0) is 28.9 Å². The highest BCUT2D eigenvalue weighted by atomic mass is 35.5. The number of benzene rings is 2. The number of hydrogen-bond donors (Lipinski definition) is 0. The number of fused-ring (bicyclic) bond motifs is 2. The molecule has 0 spiro atoms. The molecule has 0 aromatic heterocycles. The lowest BCUT2D eigenvalue weighted by Gasteiger charge is -2.58. The van der Waals surface area contributed by atoms with E-state index in [0.717, 1.165) is 0 Å². The van der Waals surface area contributed by atoms with Gasteiger partial charge in [-0.3, -0.25) is 0 Å². The Balaban J connectivity index is 1.76. The number of rotatable bonds is 2. The zero-order valence-corrected chi connectivity index (χ0v) is 13.5. The predicted molar refractivity (Wildman–Crippen MR) is 88.8 cm³/mol. The van der Waals surface area contributed by atoms with Gasteiger partial charge < -0.3 is 0 Å². The molecule has 0 unspecified atom stereocenters. The molecule has 0 amide bonds. The van der Waals surface area contributed by atoms with Gasteiger partial charge >= 0.3 is 0 Å². The maximum Gasteiger partial charge on any atom is 0.167 e. The molecule has 2 aliphatic heterocycles. The predicted octanol–water partition coefficient (Wildman–Crippen LogP) is 3.79. The summed E-state index contributed by atoms with van der Waals surface area (Å²) in [4.78, 5) is 0. The molecule has 2 aromatic rings. The summed E-state index contributed by atoms with van der Waals surface area (Å²) in [5.74, 6) is 0.788. The minimum Gasteiger partial charge on any atom is -0.227 e. The molecule has 3 aliphatic rings. The second-order valence-electron chi connectivity index (χ2n) is 6.29. The lowest BCUT2D eigenvalue weighted by atomic mass is 9.53. The average molecular weight is 333 g/mol. The highest BCUT2D eigenvalue weighted by Crippen LogP contribution is 2.64. The van der Waals surface area contributed by atoms with Crippen molar-refractivity contribution in [3.63, 3.8) is 0 Å². The van der Waals surface area contributed by atoms with Crippen LogP contribution in [0.1, 0.15) is 23.0 Å². The van der Waals surface area contributed by atoms with Gasteiger partial charge in [0.05, 0.1) is 5.75 Å². The van der Waals surface area contributed by atoms with Crippen molar-refractivity contribution < 1.29 is 8.42 Å². The number of halogens is 1. The van der Waals surface area contributed by atoms with Crippen LogP contribution in [0.5, 0.6) is 0 Å². The van der Waals surface area contributed by atoms with Crippen molar-refractivity contribution in [1.82, 2.24) is 0 Å². The lowest BCUT2D eigenvalue weighted by Crippen LogP contribution is -2.58. The fourth-order valence-corrected chi connectivity index (χ4v) is 6.78. The molecule has 4 heteroatoms. The number of sulfone groups is 1. The second kappa shape index (κ2) is 5.10. The summed E-state index contributed by atoms with van der Waals surface area (Å²) in [7, 11) is -3.18. The molecule has 0 radical (unpaired) electrons. The van der Waals surface area contributed by atoms with Gasteiger partial charge in [0, 0.05) is 5.92 Å². The molecule has 1 aliphatic carbocycles. The van der Waals surface area contributed by atoms with Crippen molar-refractivity contribution in [2.45, 2.75) is 16.5 Å². The summed E-state index contributed by atoms with van der Waals surface area (Å²) in [6.07, 6.45) is 0. The molecule has 114 valence electrons. The molecule has 2 bridgehead atoms. The van der Waals surface area contributed by atoms with Gasteiger partial charge in [0.15, 0.2) is 9.84 Å². The Hall–Kier alpha value is -1.32. The van der Waals surface area contributed by atoms with Crippen LogP contribution in [0.4, 0.5) is 0 Å². The molecule has 0 N–H and O–H groups in total. The SMILES string of the molecule is O=S1(=O)CC2[C@@H](c3ccccc3)C([C@@H]2c2ccccc2)[C@@H]1Cl. The fraction of sp³-hybridized carbons (Fsp3) is 0.333. The van der Waals surface area contributed by atoms with E-state index < -0.39 is 14.5 Å². The van der Waals surface area contributed by atoms with Crippen molar-refractivity contribution in [3.8, 4) is 0 Å². The topological polar surface area (TPSA) is 34.1 Å². The molecule has 3 fully saturated rings. The Kier molecular flexibility index (Phi) is 3.31. The third kappa shape index (κ3) is 2.03. The van der Waals surface area contributed by atoms with Gasteiger partial charge in [0.1, 0.15) is 4.71 Å². The maximum absolute atomic E-state index is 12.2. The molecule has 1 saturated carbocycles. The Bertz CT molecular complexity index is 726. The monoisotopic (exact) mass is 332 g/mol. The van der Waals surface area contributed by atoms with Crippen LogP contribution in [0.3, 0.4) is 0 Å². The summed E-state index contributed by atoms with van der Waals surface area (Å²) in [5, 5.41) is 0. The van der Waals surface area contributed by atoms with E-state index in [-0.39, 0.29) is 29.4 Å². The van der Waals surface area contributed by atoms with E-state index in [2.05, 4.69) is 24.3 Å². The van der Waals surface area contributed by atoms with Crippen molar-refractivity contribution in [1.29, 1.82) is 0 Å². The summed E-state index contributed by atoms with van der Waals surface area (Å²) in [5.41, 5.74) is 2.43. The molecule has 2 saturated heterocycles. The van der Waals surface area contributed by atoms with E-state index in [1.165, 1.54) is 11.1 Å². The molecular formula is C18H17ClO2S. The lowest BCUT2D eigenvalue weighted by molar-refractivity contribution is 0.108. The first kappa shape index (κ1) is 14.3. The van der Waals surface area contributed by atoms with Crippen LogP contribution in [0.15, 0.2) is 60.7 Å². The van der Waals surface area contributed by atoms with E-state index in [1.54, 1.807) is 0 Å². The van der Waals surface area contributed by atoms with E-state index in [9.17, 15) is 8.42 Å². The smallest absolute Gasteiger partial charge is 0.167 e. The average Bonchev–Trinajstić information content (AvgIpc) is 2.51. The van der Waals surface area contributed by atoms with Crippen LogP contribution in [0.2, 0.25) is 0 Å². The van der Waals surface area contributed by atoms with Gasteiger partial charge in [-0.25, -0.2) is 8.42 Å². The summed E-state index contributed by atoms with van der Waals surface area (Å²) >= 11 is 6.40. The van der Waals surface area contributed by atoms with E-state index in [4.69, 9.17) is 11.6 Å². The molecule has 2 nitrogen and oxygen atoms in total. The molecule has 2 aromatic carbocycles. The minimum absolute atomic E-state index is 0.0322. The van der Waals surface area contributed by atoms with Crippen molar-refractivity contribution in [2.75, 3.05) is 5.75 Å². The molecular weight excluding hydrogens is 316 g/mol. The summed E-state index contributed by atoms with van der Waals surface area (Å²) < 4.78 is 23.7. The molecule has 22 heavy (non-hydrogen) atoms. The summed E-state index contributed by atoms with van der Waals surface area (Å²) in [6.45, 7) is 0. The number of alkyl halides is 1. The normalized spacial score (nSPS) is 35.6. The Morgan fingerprint density at radius 3 is 1.68 bits per heavy atom. The van der Waals surface area contributed by atoms with Crippen LogP contribution in [0, 0.1) is 11.8 Å². The Labute approximate surface area is 136 Å². The van der Waals surface area contributed by atoms with Gasteiger partial charge in [0.25, 0.3) is 0 Å². The standard InChI is InChI=1S/C18H17ClO2S/c19-18-17-15(12-7-3-1-4-8-12)14(11-22(18,20)21)16(17)13-9-5-2-6-10-13/h1-10,14-18H,11H2/t14?,15-,16-,17?,18-/m1/s1. The molecule has 2 heterocycles. The van der Waals surface area contributed by atoms with Crippen molar-refractivity contribution in [2.24, 2.45) is 11.8 Å². The third-order valence-electron chi connectivity index (χ3n) is 5.19. The van der Waals surface area contributed by atoms with Gasteiger partial charge in [0.2, 0.25) is 0 Å². The largest absolute Gasteiger partial charge is 0.227 e. The highest BCUT2D eigenvalue weighted by Gasteiger charge is 2.62. The fourth-order valence-electron chi connectivity index (χ4n) is 4.29. The zero-order chi connectivity index (χ0) is 15.3. The second-order valence-corrected chi connectivity index (χ2v) is 9.19. The first-order valence-electron chi connectivity index (χ1n) is 7.55. The minimum atomic E-state index is -3.18. The van der Waals surface area contributed by atoms with E-state index in [1.807, 2.05) is 36.4 Å². The third-order valence-corrected chi connectivity index (χ3v) is 8.15. The van der Waals surface area contributed by atoms with Gasteiger partial charge in [-0.2, -0.15) is 0 Å². The quantitative estimate of drug-likeness (QED) is 0.784. The molecule has 3 atom stereocenters. The van der Waals surface area contributed by atoms with E-state index in [0.29, 0.717) is 0 Å². The van der Waals surface area contributed by atoms with Crippen LogP contribution in [-0.2, 0) is 9.84 Å². The van der Waals surface area contributed by atoms with Crippen LogP contribution in [0.25, 0.3) is 0 Å². The Morgan fingerprint density at radius 2 is 1.27 bits per heavy atom. The van der Waals surface area contributed by atoms with E-state index >= 15 is 0 Å². The van der Waals surface area contributed by atoms with Crippen molar-refractivity contribution in [3.05, 3.63) is 71.8 Å². The summed E-state index contributed by atoms with van der Waals surface area (Å²) in [6, 6.07) is 20.4. The van der Waals surface area contributed by atoms with Crippen molar-refractivity contribution >= 4 is 21.4 Å². The van der Waals surface area contributed by atoms with Gasteiger partial charge in [-0.1, -0.05) is 60.7 Å². The Morgan fingerprint density at radius 1 is 0.818 bits per heavy atom. The van der Waals surface area contributed by atoms with Crippen LogP contribution < -0.4 is 0 Å². The number of hydrogen-bond acceptors (Lipinski definition) is 2. The first-order valence-corrected chi connectivity index (χ1v) is 9.70. The highest BCUT2D eigenvalue weighted by molar-refractivity contribution is 7.93.